The standard InChI is InChI=1S/C21H19NO4/c1-4-8-16-11-14(13-18(24-2)20(16)25-3)12-17-19(22-26-21(17)23)15-9-6-5-7-10-15/h4-7,9-13H,1,8H2,2-3H3/b17-12-. The molecular weight excluding hydrogens is 330 g/mol. The fraction of sp³-hybridized carbons (Fsp3) is 0.143. The van der Waals surface area contributed by atoms with E-state index in [0.29, 0.717) is 29.2 Å². The maximum absolute atomic E-state index is 12.2. The maximum Gasteiger partial charge on any atom is 0.368 e. The number of nitrogens with zero attached hydrogens (tertiary/aromatic N) is 1. The number of ether oxygens (including phenoxy) is 2. The van der Waals surface area contributed by atoms with Gasteiger partial charge in [0, 0.05) is 11.1 Å². The van der Waals surface area contributed by atoms with Crippen LogP contribution in [0.25, 0.3) is 6.08 Å². The summed E-state index contributed by atoms with van der Waals surface area (Å²) >= 11 is 0. The molecule has 1 aliphatic rings. The smallest absolute Gasteiger partial charge is 0.368 e. The Morgan fingerprint density at radius 3 is 2.58 bits per heavy atom. The summed E-state index contributed by atoms with van der Waals surface area (Å²) in [7, 11) is 3.17. The first kappa shape index (κ1) is 17.5. The molecule has 0 bridgehead atoms. The van der Waals surface area contributed by atoms with Gasteiger partial charge in [-0.15, -0.1) is 6.58 Å². The lowest BCUT2D eigenvalue weighted by Crippen LogP contribution is -2.07. The zero-order valence-electron chi connectivity index (χ0n) is 14.7. The molecule has 2 aromatic carbocycles. The van der Waals surface area contributed by atoms with E-state index in [1.54, 1.807) is 26.4 Å². The fourth-order valence-electron chi connectivity index (χ4n) is 2.84. The third-order valence-corrected chi connectivity index (χ3v) is 4.00. The number of oxime groups is 1. The highest BCUT2D eigenvalue weighted by Crippen LogP contribution is 2.34. The average molecular weight is 349 g/mol. The van der Waals surface area contributed by atoms with E-state index in [1.807, 2.05) is 42.5 Å². The highest BCUT2D eigenvalue weighted by Gasteiger charge is 2.27. The van der Waals surface area contributed by atoms with Gasteiger partial charge in [-0.25, -0.2) is 4.79 Å². The molecule has 0 amide bonds. The van der Waals surface area contributed by atoms with Crippen molar-refractivity contribution in [3.05, 3.63) is 77.4 Å². The number of carbonyl (C=O) groups excluding carboxylic acids is 1. The van der Waals surface area contributed by atoms with Gasteiger partial charge in [0.05, 0.1) is 19.8 Å². The minimum absolute atomic E-state index is 0.396. The molecule has 0 radical (unpaired) electrons. The summed E-state index contributed by atoms with van der Waals surface area (Å²) in [5.41, 5.74) is 3.43. The van der Waals surface area contributed by atoms with Crippen molar-refractivity contribution >= 4 is 17.8 Å². The Labute approximate surface area is 152 Å². The predicted octanol–water partition coefficient (Wildman–Crippen LogP) is 3.78. The molecule has 0 spiro atoms. The van der Waals surface area contributed by atoms with Gasteiger partial charge in [0.25, 0.3) is 0 Å². The largest absolute Gasteiger partial charge is 0.493 e. The second-order valence-electron chi connectivity index (χ2n) is 5.65. The first-order valence-electron chi connectivity index (χ1n) is 8.10. The third-order valence-electron chi connectivity index (χ3n) is 4.00. The molecule has 0 N–H and O–H groups in total. The number of benzene rings is 2. The molecule has 5 heteroatoms. The molecule has 0 saturated carbocycles. The van der Waals surface area contributed by atoms with Crippen LogP contribution in [0.5, 0.6) is 11.5 Å². The van der Waals surface area contributed by atoms with Crippen molar-refractivity contribution in [2.24, 2.45) is 5.16 Å². The number of rotatable bonds is 6. The van der Waals surface area contributed by atoms with Gasteiger partial charge < -0.3 is 14.3 Å². The molecule has 1 heterocycles. The molecule has 2 aromatic rings. The van der Waals surface area contributed by atoms with Crippen LogP contribution in [0.4, 0.5) is 0 Å². The van der Waals surface area contributed by atoms with E-state index in [-0.39, 0.29) is 0 Å². The van der Waals surface area contributed by atoms with Crippen LogP contribution in [0.2, 0.25) is 0 Å². The van der Waals surface area contributed by atoms with Gasteiger partial charge in [0.1, 0.15) is 5.71 Å². The van der Waals surface area contributed by atoms with Crippen LogP contribution in [0.3, 0.4) is 0 Å². The number of hydrogen-bond donors (Lipinski definition) is 0. The van der Waals surface area contributed by atoms with E-state index < -0.39 is 5.97 Å². The lowest BCUT2D eigenvalue weighted by atomic mass is 9.99. The number of carbonyl (C=O) groups is 1. The van der Waals surface area contributed by atoms with Gasteiger partial charge >= 0.3 is 5.97 Å². The van der Waals surface area contributed by atoms with E-state index in [1.165, 1.54) is 0 Å². The van der Waals surface area contributed by atoms with E-state index in [4.69, 9.17) is 14.3 Å². The number of methoxy groups -OCH3 is 2. The summed E-state index contributed by atoms with van der Waals surface area (Å²) in [5, 5.41) is 3.93. The topological polar surface area (TPSA) is 57.1 Å². The van der Waals surface area contributed by atoms with Crippen molar-refractivity contribution in [2.45, 2.75) is 6.42 Å². The monoisotopic (exact) mass is 349 g/mol. The molecule has 0 saturated heterocycles. The Kier molecular flexibility index (Phi) is 5.17. The minimum atomic E-state index is -0.482. The molecule has 3 rings (SSSR count). The van der Waals surface area contributed by atoms with Crippen molar-refractivity contribution in [3.8, 4) is 11.5 Å². The molecular formula is C21H19NO4. The SMILES string of the molecule is C=CCc1cc(/C=C2\C(=O)ON=C2c2ccccc2)cc(OC)c1OC. The van der Waals surface area contributed by atoms with Crippen molar-refractivity contribution in [2.75, 3.05) is 14.2 Å². The summed E-state index contributed by atoms with van der Waals surface area (Å²) in [5.74, 6) is 0.757. The summed E-state index contributed by atoms with van der Waals surface area (Å²) in [6.07, 6.45) is 4.14. The van der Waals surface area contributed by atoms with Crippen molar-refractivity contribution in [3.63, 3.8) is 0 Å². The second kappa shape index (κ2) is 7.70. The summed E-state index contributed by atoms with van der Waals surface area (Å²) in [6.45, 7) is 3.78. The van der Waals surface area contributed by atoms with Crippen LogP contribution in [-0.4, -0.2) is 25.9 Å². The van der Waals surface area contributed by atoms with Crippen LogP contribution >= 0.6 is 0 Å². The van der Waals surface area contributed by atoms with Crippen LogP contribution < -0.4 is 9.47 Å². The predicted molar refractivity (Wildman–Crippen MR) is 100 cm³/mol. The zero-order valence-corrected chi connectivity index (χ0v) is 14.7. The Morgan fingerprint density at radius 1 is 1.15 bits per heavy atom. The van der Waals surface area contributed by atoms with Gasteiger partial charge in [0.15, 0.2) is 11.5 Å². The van der Waals surface area contributed by atoms with Gasteiger partial charge in [-0.05, 0) is 30.2 Å². The Morgan fingerprint density at radius 2 is 1.92 bits per heavy atom. The van der Waals surface area contributed by atoms with Crippen LogP contribution in [-0.2, 0) is 16.1 Å². The molecule has 0 atom stereocenters. The number of hydrogen-bond acceptors (Lipinski definition) is 5. The van der Waals surface area contributed by atoms with E-state index in [9.17, 15) is 4.79 Å². The van der Waals surface area contributed by atoms with Gasteiger partial charge in [-0.2, -0.15) is 0 Å². The van der Waals surface area contributed by atoms with Crippen LogP contribution in [0, 0.1) is 0 Å². The molecule has 0 unspecified atom stereocenters. The van der Waals surface area contributed by atoms with Crippen LogP contribution in [0.1, 0.15) is 16.7 Å². The van der Waals surface area contributed by atoms with Crippen molar-refractivity contribution in [1.82, 2.24) is 0 Å². The van der Waals surface area contributed by atoms with E-state index in [2.05, 4.69) is 11.7 Å². The molecule has 0 aliphatic carbocycles. The molecule has 132 valence electrons. The zero-order chi connectivity index (χ0) is 18.5. The minimum Gasteiger partial charge on any atom is -0.493 e. The second-order valence-corrected chi connectivity index (χ2v) is 5.65. The first-order valence-corrected chi connectivity index (χ1v) is 8.10. The fourth-order valence-corrected chi connectivity index (χ4v) is 2.84. The molecule has 26 heavy (non-hydrogen) atoms. The first-order chi connectivity index (χ1) is 12.7. The highest BCUT2D eigenvalue weighted by molar-refractivity contribution is 6.31. The van der Waals surface area contributed by atoms with Crippen molar-refractivity contribution < 1.29 is 19.1 Å². The highest BCUT2D eigenvalue weighted by atomic mass is 16.7. The van der Waals surface area contributed by atoms with Crippen molar-refractivity contribution in [1.29, 1.82) is 0 Å². The Balaban J connectivity index is 2.08. The van der Waals surface area contributed by atoms with E-state index in [0.717, 1.165) is 16.7 Å². The maximum atomic E-state index is 12.2. The third kappa shape index (κ3) is 3.37. The number of allylic oxidation sites excluding steroid dienone is 1. The summed E-state index contributed by atoms with van der Waals surface area (Å²) < 4.78 is 10.9. The normalized spacial score (nSPS) is 14.8. The van der Waals surface area contributed by atoms with E-state index >= 15 is 0 Å². The van der Waals surface area contributed by atoms with Gasteiger partial charge in [0.2, 0.25) is 0 Å². The Hall–Kier alpha value is -3.34. The summed E-state index contributed by atoms with van der Waals surface area (Å²) in [6, 6.07) is 13.2. The van der Waals surface area contributed by atoms with Crippen LogP contribution in [0.15, 0.2) is 65.8 Å². The van der Waals surface area contributed by atoms with Gasteiger partial charge in [-0.3, -0.25) is 0 Å². The lowest BCUT2D eigenvalue weighted by molar-refractivity contribution is -0.136. The average Bonchev–Trinajstić information content (AvgIpc) is 3.03. The van der Waals surface area contributed by atoms with Gasteiger partial charge in [-0.1, -0.05) is 41.6 Å². The molecule has 1 aliphatic heterocycles. The molecule has 0 aromatic heterocycles. The molecule has 0 fully saturated rings. The quantitative estimate of drug-likeness (QED) is 0.452. The lowest BCUT2D eigenvalue weighted by Gasteiger charge is -2.13. The summed E-state index contributed by atoms with van der Waals surface area (Å²) in [4.78, 5) is 17.1. The Bertz CT molecular complexity index is 898. The molecule has 5 nitrogen and oxygen atoms in total.